The van der Waals surface area contributed by atoms with Crippen molar-refractivity contribution in [2.75, 3.05) is 0 Å². The molecule has 2 N–H and O–H groups in total. The van der Waals surface area contributed by atoms with Crippen molar-refractivity contribution in [2.45, 2.75) is 20.3 Å². The molecule has 0 aromatic rings. The van der Waals surface area contributed by atoms with E-state index in [4.69, 9.17) is 5.73 Å². The molecular weight excluding hydrogens is 97.0 g/mol. The molecular formula is C5H12LiNO. The van der Waals surface area contributed by atoms with Crippen molar-refractivity contribution in [1.82, 2.24) is 0 Å². The van der Waals surface area contributed by atoms with Crippen LogP contribution in [0.25, 0.3) is 0 Å². The Morgan fingerprint density at radius 1 is 1.75 bits per heavy atom. The monoisotopic (exact) mass is 109 g/mol. The van der Waals surface area contributed by atoms with Crippen molar-refractivity contribution in [3.8, 4) is 0 Å². The standard InChI is InChI=1S/C5H11NO.Li.H/c1-4(2)3-5(6)7;;/h4H,3H2,1-2H3,(H2,6,7);;/q;+1;-1. The van der Waals surface area contributed by atoms with Crippen molar-refractivity contribution >= 4 is 5.91 Å². The van der Waals surface area contributed by atoms with Gasteiger partial charge in [-0.15, -0.1) is 0 Å². The van der Waals surface area contributed by atoms with Gasteiger partial charge in [-0.1, -0.05) is 13.8 Å². The summed E-state index contributed by atoms with van der Waals surface area (Å²) < 4.78 is 0. The first-order valence-corrected chi connectivity index (χ1v) is 2.41. The van der Waals surface area contributed by atoms with E-state index in [1.54, 1.807) is 0 Å². The average molecular weight is 109 g/mol. The summed E-state index contributed by atoms with van der Waals surface area (Å²) in [7, 11) is 0. The van der Waals surface area contributed by atoms with Crippen molar-refractivity contribution in [3.05, 3.63) is 0 Å². The van der Waals surface area contributed by atoms with Gasteiger partial charge in [-0.3, -0.25) is 4.79 Å². The molecule has 0 aromatic heterocycles. The summed E-state index contributed by atoms with van der Waals surface area (Å²) in [4.78, 5) is 10.0. The molecule has 0 aliphatic carbocycles. The maximum absolute atomic E-state index is 10.0. The number of nitrogens with two attached hydrogens (primary N) is 1. The first kappa shape index (κ1) is 10.9. The molecule has 44 valence electrons. The van der Waals surface area contributed by atoms with E-state index < -0.39 is 0 Å². The molecule has 0 unspecified atom stereocenters. The van der Waals surface area contributed by atoms with E-state index in [2.05, 4.69) is 0 Å². The van der Waals surface area contributed by atoms with Gasteiger partial charge < -0.3 is 7.16 Å². The maximum Gasteiger partial charge on any atom is 1.00 e. The predicted octanol–water partition coefficient (Wildman–Crippen LogP) is -2.37. The van der Waals surface area contributed by atoms with E-state index in [1.165, 1.54) is 0 Å². The Kier molecular flexibility index (Phi) is 7.13. The molecule has 0 saturated heterocycles. The molecule has 8 heavy (non-hydrogen) atoms. The minimum absolute atomic E-state index is 0. The van der Waals surface area contributed by atoms with Crippen LogP contribution in [0, 0.1) is 5.92 Å². The van der Waals surface area contributed by atoms with Crippen molar-refractivity contribution in [3.63, 3.8) is 0 Å². The fraction of sp³-hybridized carbons (Fsp3) is 0.800. The maximum atomic E-state index is 10.0. The quantitative estimate of drug-likeness (QED) is 0.396. The molecule has 0 saturated carbocycles. The van der Waals surface area contributed by atoms with Crippen LogP contribution in [0.2, 0.25) is 0 Å². The molecule has 0 atom stereocenters. The van der Waals surface area contributed by atoms with Crippen LogP contribution >= 0.6 is 0 Å². The summed E-state index contributed by atoms with van der Waals surface area (Å²) in [5.74, 6) is 0.188. The van der Waals surface area contributed by atoms with Gasteiger partial charge in [0.2, 0.25) is 5.91 Å². The van der Waals surface area contributed by atoms with E-state index >= 15 is 0 Å². The number of carbonyl (C=O) groups excluding carboxylic acids is 1. The van der Waals surface area contributed by atoms with Crippen LogP contribution in [-0.4, -0.2) is 5.91 Å². The Balaban J connectivity index is -0.000000180. The van der Waals surface area contributed by atoms with Crippen LogP contribution in [0.3, 0.4) is 0 Å². The first-order chi connectivity index (χ1) is 3.13. The van der Waals surface area contributed by atoms with Crippen LogP contribution in [0.15, 0.2) is 0 Å². The van der Waals surface area contributed by atoms with Gasteiger partial charge in [-0.2, -0.15) is 0 Å². The largest absolute Gasteiger partial charge is 1.00 e. The molecule has 3 heteroatoms. The Hall–Kier alpha value is 0.0674. The van der Waals surface area contributed by atoms with Crippen LogP contribution in [0.4, 0.5) is 0 Å². The summed E-state index contributed by atoms with van der Waals surface area (Å²) in [6.07, 6.45) is 0.500. The fourth-order valence-electron chi connectivity index (χ4n) is 0.402. The van der Waals surface area contributed by atoms with Gasteiger partial charge in [0.15, 0.2) is 0 Å². The van der Waals surface area contributed by atoms with E-state index in [9.17, 15) is 4.79 Å². The minimum atomic E-state index is -0.213. The first-order valence-electron chi connectivity index (χ1n) is 2.41. The molecule has 0 aliphatic heterocycles. The molecule has 0 aliphatic rings. The number of rotatable bonds is 2. The van der Waals surface area contributed by atoms with Gasteiger partial charge >= 0.3 is 18.9 Å². The molecule has 0 rings (SSSR count). The van der Waals surface area contributed by atoms with Crippen molar-refractivity contribution in [2.24, 2.45) is 11.7 Å². The zero-order valence-corrected chi connectivity index (χ0v) is 5.77. The van der Waals surface area contributed by atoms with Crippen LogP contribution in [0.1, 0.15) is 21.7 Å². The topological polar surface area (TPSA) is 43.1 Å². The summed E-state index contributed by atoms with van der Waals surface area (Å²) in [5, 5.41) is 0. The molecule has 0 heterocycles. The van der Waals surface area contributed by atoms with E-state index in [1.807, 2.05) is 13.8 Å². The van der Waals surface area contributed by atoms with Crippen LogP contribution in [-0.2, 0) is 4.79 Å². The summed E-state index contributed by atoms with van der Waals surface area (Å²) >= 11 is 0. The second-order valence-corrected chi connectivity index (χ2v) is 2.06. The smallest absolute Gasteiger partial charge is 1.00 e. The molecule has 0 aromatic carbocycles. The fourth-order valence-corrected chi connectivity index (χ4v) is 0.402. The number of primary amides is 1. The predicted molar refractivity (Wildman–Crippen MR) is 29.8 cm³/mol. The van der Waals surface area contributed by atoms with Gasteiger partial charge in [0, 0.05) is 6.42 Å². The Morgan fingerprint density at radius 2 is 2.12 bits per heavy atom. The molecule has 1 amide bonds. The van der Waals surface area contributed by atoms with Gasteiger partial charge in [0.05, 0.1) is 0 Å². The Labute approximate surface area is 63.5 Å². The molecule has 0 fully saturated rings. The zero-order chi connectivity index (χ0) is 5.86. The summed E-state index contributed by atoms with van der Waals surface area (Å²) in [6, 6.07) is 0. The molecule has 0 spiro atoms. The Morgan fingerprint density at radius 3 is 2.12 bits per heavy atom. The SMILES string of the molecule is CC(C)CC(N)=O.[H-].[Li+]. The number of carbonyl (C=O) groups is 1. The third-order valence-electron chi connectivity index (χ3n) is 0.609. The summed E-state index contributed by atoms with van der Waals surface area (Å²) in [5.41, 5.74) is 4.85. The number of hydrogen-bond donors (Lipinski definition) is 1. The van der Waals surface area contributed by atoms with E-state index in [0.717, 1.165) is 0 Å². The third kappa shape index (κ3) is 9.42. The summed E-state index contributed by atoms with van der Waals surface area (Å²) in [6.45, 7) is 3.93. The second kappa shape index (κ2) is 5.21. The molecule has 0 bridgehead atoms. The van der Waals surface area contributed by atoms with E-state index in [-0.39, 0.29) is 26.2 Å². The number of amides is 1. The minimum Gasteiger partial charge on any atom is -1.00 e. The van der Waals surface area contributed by atoms with Crippen LogP contribution in [0.5, 0.6) is 0 Å². The van der Waals surface area contributed by atoms with Crippen molar-refractivity contribution in [1.29, 1.82) is 0 Å². The molecule has 0 radical (unpaired) electrons. The number of hydrogen-bond acceptors (Lipinski definition) is 1. The average Bonchev–Trinajstić information content (AvgIpc) is 1.27. The van der Waals surface area contributed by atoms with Gasteiger partial charge in [-0.05, 0) is 5.92 Å². The zero-order valence-electron chi connectivity index (χ0n) is 6.77. The Bertz CT molecular complexity index is 77.4. The van der Waals surface area contributed by atoms with Gasteiger partial charge in [0.1, 0.15) is 0 Å². The second-order valence-electron chi connectivity index (χ2n) is 2.06. The van der Waals surface area contributed by atoms with Gasteiger partial charge in [0.25, 0.3) is 0 Å². The van der Waals surface area contributed by atoms with E-state index in [0.29, 0.717) is 12.3 Å². The van der Waals surface area contributed by atoms with Gasteiger partial charge in [-0.25, -0.2) is 0 Å². The van der Waals surface area contributed by atoms with Crippen LogP contribution < -0.4 is 24.6 Å². The van der Waals surface area contributed by atoms with Crippen molar-refractivity contribution < 1.29 is 25.1 Å². The molecule has 2 nitrogen and oxygen atoms in total. The normalized spacial score (nSPS) is 8.38. The third-order valence-corrected chi connectivity index (χ3v) is 0.609.